The van der Waals surface area contributed by atoms with E-state index in [1.54, 1.807) is 23.9 Å². The summed E-state index contributed by atoms with van der Waals surface area (Å²) in [5, 5.41) is 5.50. The first kappa shape index (κ1) is 19.4. The second-order valence-corrected chi connectivity index (χ2v) is 8.36. The number of anilines is 1. The number of thioether (sulfide) groups is 1. The van der Waals surface area contributed by atoms with Crippen molar-refractivity contribution in [1.82, 2.24) is 5.32 Å². The van der Waals surface area contributed by atoms with Crippen molar-refractivity contribution in [2.24, 2.45) is 0 Å². The number of imide groups is 1. The molecule has 0 radical (unpaired) electrons. The summed E-state index contributed by atoms with van der Waals surface area (Å²) in [5.41, 5.74) is 1.79. The highest BCUT2D eigenvalue weighted by Gasteiger charge is 2.28. The number of alkyl carbamates (subject to hydrolysis) is 1. The summed E-state index contributed by atoms with van der Waals surface area (Å²) in [7, 11) is 1.20. The van der Waals surface area contributed by atoms with Crippen molar-refractivity contribution in [3.05, 3.63) is 45.8 Å². The summed E-state index contributed by atoms with van der Waals surface area (Å²) in [6, 6.07) is 7.34. The Morgan fingerprint density at radius 1 is 1.15 bits per heavy atom. The Kier molecular flexibility index (Phi) is 6.18. The predicted octanol–water partition coefficient (Wildman–Crippen LogP) is 4.10. The van der Waals surface area contributed by atoms with Crippen LogP contribution >= 0.6 is 23.1 Å². The third kappa shape index (κ3) is 4.33. The van der Waals surface area contributed by atoms with E-state index in [1.807, 2.05) is 12.1 Å². The normalized spacial score (nSPS) is 12.4. The van der Waals surface area contributed by atoms with Crippen LogP contribution in [0.3, 0.4) is 0 Å². The third-order valence-electron chi connectivity index (χ3n) is 4.20. The molecule has 2 aromatic rings. The number of methoxy groups -OCH3 is 1. The van der Waals surface area contributed by atoms with Gasteiger partial charge in [0.2, 0.25) is 0 Å². The van der Waals surface area contributed by atoms with Gasteiger partial charge < -0.3 is 10.1 Å². The van der Waals surface area contributed by atoms with Gasteiger partial charge in [-0.1, -0.05) is 6.92 Å². The fourth-order valence-corrected chi connectivity index (χ4v) is 4.93. The van der Waals surface area contributed by atoms with Crippen molar-refractivity contribution in [3.8, 4) is 0 Å². The van der Waals surface area contributed by atoms with Gasteiger partial charge in [0.1, 0.15) is 5.00 Å². The van der Waals surface area contributed by atoms with E-state index >= 15 is 0 Å². The number of hydrogen-bond acceptors (Lipinski definition) is 6. The zero-order chi connectivity index (χ0) is 19.4. The molecule has 6 nitrogen and oxygen atoms in total. The van der Waals surface area contributed by atoms with Crippen LogP contribution in [0.1, 0.15) is 44.5 Å². The Labute approximate surface area is 165 Å². The van der Waals surface area contributed by atoms with Crippen molar-refractivity contribution in [2.75, 3.05) is 18.2 Å². The van der Waals surface area contributed by atoms with E-state index in [0.29, 0.717) is 16.1 Å². The van der Waals surface area contributed by atoms with E-state index in [4.69, 9.17) is 0 Å². The van der Waals surface area contributed by atoms with Crippen molar-refractivity contribution in [1.29, 1.82) is 0 Å². The van der Waals surface area contributed by atoms with Gasteiger partial charge in [0, 0.05) is 15.3 Å². The molecular weight excluding hydrogens is 384 g/mol. The van der Waals surface area contributed by atoms with Crippen LogP contribution in [-0.2, 0) is 17.6 Å². The van der Waals surface area contributed by atoms with Gasteiger partial charge in [-0.25, -0.2) is 4.79 Å². The van der Waals surface area contributed by atoms with Gasteiger partial charge in [0.05, 0.1) is 12.7 Å². The molecule has 0 bridgehead atoms. The number of fused-ring (bicyclic) bond motifs is 1. The highest BCUT2D eigenvalue weighted by Crippen LogP contribution is 2.39. The smallest absolute Gasteiger partial charge is 0.413 e. The Morgan fingerprint density at radius 3 is 2.56 bits per heavy atom. The van der Waals surface area contributed by atoms with E-state index < -0.39 is 12.0 Å². The lowest BCUT2D eigenvalue weighted by atomic mass is 10.1. The number of ether oxygens (including phenoxy) is 1. The lowest BCUT2D eigenvalue weighted by molar-refractivity contribution is 0.0937. The van der Waals surface area contributed by atoms with Gasteiger partial charge >= 0.3 is 6.09 Å². The number of nitrogens with one attached hydrogen (secondary N) is 2. The van der Waals surface area contributed by atoms with Crippen LogP contribution in [0.15, 0.2) is 29.2 Å². The van der Waals surface area contributed by atoms with Gasteiger partial charge in [0.25, 0.3) is 11.8 Å². The maximum Gasteiger partial charge on any atom is 0.413 e. The minimum atomic E-state index is -0.820. The lowest BCUT2D eigenvalue weighted by Gasteiger charge is -2.09. The summed E-state index contributed by atoms with van der Waals surface area (Å²) in [5.74, 6) is 0.131. The zero-order valence-corrected chi connectivity index (χ0v) is 16.7. The number of carbonyl (C=O) groups excluding carboxylic acids is 3. The molecule has 1 heterocycles. The molecule has 0 spiro atoms. The topological polar surface area (TPSA) is 84.5 Å². The highest BCUT2D eigenvalue weighted by atomic mass is 32.2. The summed E-state index contributed by atoms with van der Waals surface area (Å²) < 4.78 is 4.50. The molecule has 0 fully saturated rings. The van der Waals surface area contributed by atoms with Gasteiger partial charge in [-0.05, 0) is 54.8 Å². The SMILES string of the molecule is CCSc1ccc(C(=O)Nc2sc3c(c2C(=O)NC(=O)OC)CCC3)cc1. The van der Waals surface area contributed by atoms with Gasteiger partial charge in [0.15, 0.2) is 0 Å². The molecule has 0 saturated heterocycles. The molecule has 1 aromatic carbocycles. The maximum absolute atomic E-state index is 12.6. The molecule has 8 heteroatoms. The number of aryl methyl sites for hydroxylation is 1. The Hall–Kier alpha value is -2.32. The molecule has 1 aliphatic rings. The molecule has 3 rings (SSSR count). The van der Waals surface area contributed by atoms with Crippen molar-refractivity contribution >= 4 is 46.0 Å². The van der Waals surface area contributed by atoms with E-state index in [9.17, 15) is 14.4 Å². The molecule has 27 heavy (non-hydrogen) atoms. The van der Waals surface area contributed by atoms with E-state index in [0.717, 1.165) is 40.4 Å². The zero-order valence-electron chi connectivity index (χ0n) is 15.1. The molecular formula is C19H20N2O4S2. The van der Waals surface area contributed by atoms with Crippen LogP contribution in [0.4, 0.5) is 9.80 Å². The maximum atomic E-state index is 12.6. The largest absolute Gasteiger partial charge is 0.453 e. The minimum absolute atomic E-state index is 0.282. The molecule has 1 aromatic heterocycles. The number of amides is 3. The Balaban J connectivity index is 1.83. The predicted molar refractivity (Wildman–Crippen MR) is 107 cm³/mol. The summed E-state index contributed by atoms with van der Waals surface area (Å²) in [6.07, 6.45) is 1.77. The van der Waals surface area contributed by atoms with E-state index in [-0.39, 0.29) is 5.91 Å². The fourth-order valence-electron chi connectivity index (χ4n) is 2.98. The quantitative estimate of drug-likeness (QED) is 0.733. The molecule has 0 unspecified atom stereocenters. The molecule has 0 saturated carbocycles. The minimum Gasteiger partial charge on any atom is -0.453 e. The summed E-state index contributed by atoms with van der Waals surface area (Å²) in [4.78, 5) is 38.8. The average molecular weight is 405 g/mol. The molecule has 3 amide bonds. The number of thiophene rings is 1. The van der Waals surface area contributed by atoms with Crippen LogP contribution < -0.4 is 10.6 Å². The monoisotopic (exact) mass is 404 g/mol. The third-order valence-corrected chi connectivity index (χ3v) is 6.31. The number of hydrogen-bond donors (Lipinski definition) is 2. The highest BCUT2D eigenvalue weighted by molar-refractivity contribution is 7.99. The van der Waals surface area contributed by atoms with E-state index in [1.165, 1.54) is 18.4 Å². The molecule has 142 valence electrons. The second kappa shape index (κ2) is 8.58. The first-order valence-electron chi connectivity index (χ1n) is 8.61. The Morgan fingerprint density at radius 2 is 1.89 bits per heavy atom. The van der Waals surface area contributed by atoms with Crippen LogP contribution in [0.5, 0.6) is 0 Å². The number of rotatable bonds is 5. The first-order chi connectivity index (χ1) is 13.0. The summed E-state index contributed by atoms with van der Waals surface area (Å²) in [6.45, 7) is 2.07. The van der Waals surface area contributed by atoms with Crippen LogP contribution in [0.25, 0.3) is 0 Å². The molecule has 0 atom stereocenters. The van der Waals surface area contributed by atoms with Crippen LogP contribution in [-0.4, -0.2) is 30.8 Å². The number of carbonyl (C=O) groups is 3. The van der Waals surface area contributed by atoms with Crippen molar-refractivity contribution < 1.29 is 19.1 Å². The average Bonchev–Trinajstić information content (AvgIpc) is 3.22. The van der Waals surface area contributed by atoms with Gasteiger partial charge in [-0.2, -0.15) is 0 Å². The van der Waals surface area contributed by atoms with Crippen LogP contribution in [0, 0.1) is 0 Å². The summed E-state index contributed by atoms with van der Waals surface area (Å²) >= 11 is 3.10. The van der Waals surface area contributed by atoms with Crippen molar-refractivity contribution in [2.45, 2.75) is 31.1 Å². The van der Waals surface area contributed by atoms with Gasteiger partial charge in [-0.3, -0.25) is 14.9 Å². The number of benzene rings is 1. The van der Waals surface area contributed by atoms with E-state index in [2.05, 4.69) is 22.3 Å². The lowest BCUT2D eigenvalue weighted by Crippen LogP contribution is -2.31. The molecule has 0 aliphatic heterocycles. The second-order valence-electron chi connectivity index (χ2n) is 5.92. The molecule has 1 aliphatic carbocycles. The van der Waals surface area contributed by atoms with Gasteiger partial charge in [-0.15, -0.1) is 23.1 Å². The first-order valence-corrected chi connectivity index (χ1v) is 10.4. The fraction of sp³-hybridized carbons (Fsp3) is 0.316. The van der Waals surface area contributed by atoms with Crippen LogP contribution in [0.2, 0.25) is 0 Å². The van der Waals surface area contributed by atoms with Crippen molar-refractivity contribution in [3.63, 3.8) is 0 Å². The Bertz CT molecular complexity index is 875. The molecule has 2 N–H and O–H groups in total. The standard InChI is InChI=1S/C19H20N2O4S2/c1-3-26-12-9-7-11(8-10-12)16(22)20-18-15(17(23)21-19(24)25-2)13-5-4-6-14(13)27-18/h7-10H,3-6H2,1-2H3,(H,20,22)(H,21,23,24).